The molecule has 0 N–H and O–H groups in total. The van der Waals surface area contributed by atoms with Crippen LogP contribution in [0.2, 0.25) is 0 Å². The molecular weight excluding hydrogens is 180 g/mol. The van der Waals surface area contributed by atoms with Crippen LogP contribution in [0.1, 0.15) is 32.6 Å². The van der Waals surface area contributed by atoms with Gasteiger partial charge in [-0.3, -0.25) is 9.59 Å². The van der Waals surface area contributed by atoms with E-state index >= 15 is 0 Å². The van der Waals surface area contributed by atoms with Gasteiger partial charge in [0.2, 0.25) is 0 Å². The van der Waals surface area contributed by atoms with E-state index in [0.29, 0.717) is 37.1 Å². The zero-order valence-corrected chi connectivity index (χ0v) is 8.49. The summed E-state index contributed by atoms with van der Waals surface area (Å²) in [4.78, 5) is 22.5. The van der Waals surface area contributed by atoms with E-state index in [-0.39, 0.29) is 11.9 Å². The number of esters is 1. The van der Waals surface area contributed by atoms with Gasteiger partial charge < -0.3 is 4.74 Å². The highest BCUT2D eigenvalue weighted by molar-refractivity contribution is 5.84. The van der Waals surface area contributed by atoms with Crippen LogP contribution in [0, 0.1) is 17.8 Å². The fourth-order valence-corrected chi connectivity index (χ4v) is 2.83. The van der Waals surface area contributed by atoms with Gasteiger partial charge in [-0.1, -0.05) is 0 Å². The summed E-state index contributed by atoms with van der Waals surface area (Å²) in [7, 11) is 0. The van der Waals surface area contributed by atoms with Gasteiger partial charge in [0.1, 0.15) is 5.78 Å². The fourth-order valence-electron chi connectivity index (χ4n) is 2.83. The quantitative estimate of drug-likeness (QED) is 0.643. The van der Waals surface area contributed by atoms with Crippen molar-refractivity contribution in [2.75, 3.05) is 6.61 Å². The SMILES string of the molecule is CCOC(=O)C[C@H]1C[C@H]2C[C@@H]1CC2=O. The smallest absolute Gasteiger partial charge is 0.306 e. The van der Waals surface area contributed by atoms with Crippen molar-refractivity contribution in [1.29, 1.82) is 0 Å². The summed E-state index contributed by atoms with van der Waals surface area (Å²) in [5.74, 6) is 1.46. The van der Waals surface area contributed by atoms with Crippen LogP contribution in [0.5, 0.6) is 0 Å². The summed E-state index contributed by atoms with van der Waals surface area (Å²) in [5.41, 5.74) is 0. The fraction of sp³-hybridized carbons (Fsp3) is 0.818. The summed E-state index contributed by atoms with van der Waals surface area (Å²) >= 11 is 0. The molecule has 0 unspecified atom stereocenters. The van der Waals surface area contributed by atoms with E-state index in [1.54, 1.807) is 0 Å². The molecular formula is C11H16O3. The monoisotopic (exact) mass is 196 g/mol. The third-order valence-corrected chi connectivity index (χ3v) is 3.49. The highest BCUT2D eigenvalue weighted by Gasteiger charge is 2.45. The summed E-state index contributed by atoms with van der Waals surface area (Å²) in [5, 5.41) is 0. The number of carbonyl (C=O) groups is 2. The van der Waals surface area contributed by atoms with Crippen LogP contribution in [0.15, 0.2) is 0 Å². The van der Waals surface area contributed by atoms with Crippen molar-refractivity contribution in [3.8, 4) is 0 Å². The Kier molecular flexibility index (Phi) is 2.57. The molecule has 0 aromatic heterocycles. The predicted octanol–water partition coefficient (Wildman–Crippen LogP) is 1.55. The van der Waals surface area contributed by atoms with Gasteiger partial charge in [-0.05, 0) is 31.6 Å². The number of ether oxygens (including phenoxy) is 1. The van der Waals surface area contributed by atoms with E-state index in [9.17, 15) is 9.59 Å². The number of Topliss-reactive ketones (excluding diaryl/α,β-unsaturated/α-hetero) is 1. The number of ketones is 1. The maximum Gasteiger partial charge on any atom is 0.306 e. The maximum atomic E-state index is 11.3. The van der Waals surface area contributed by atoms with Gasteiger partial charge in [-0.25, -0.2) is 0 Å². The first-order valence-electron chi connectivity index (χ1n) is 5.39. The van der Waals surface area contributed by atoms with E-state index in [4.69, 9.17) is 4.74 Å². The number of rotatable bonds is 3. The molecule has 3 nitrogen and oxygen atoms in total. The second-order valence-electron chi connectivity index (χ2n) is 4.37. The lowest BCUT2D eigenvalue weighted by molar-refractivity contribution is -0.145. The van der Waals surface area contributed by atoms with Gasteiger partial charge in [0.15, 0.2) is 0 Å². The molecule has 0 aromatic rings. The molecule has 3 atom stereocenters. The summed E-state index contributed by atoms with van der Waals surface area (Å²) in [6.07, 6.45) is 3.16. The molecule has 0 spiro atoms. The Bertz CT molecular complexity index is 259. The van der Waals surface area contributed by atoms with Gasteiger partial charge in [0.25, 0.3) is 0 Å². The minimum atomic E-state index is -0.0995. The first-order chi connectivity index (χ1) is 6.70. The molecule has 0 heterocycles. The Morgan fingerprint density at radius 2 is 2.29 bits per heavy atom. The minimum absolute atomic E-state index is 0.0995. The molecule has 2 aliphatic carbocycles. The van der Waals surface area contributed by atoms with Crippen LogP contribution in [-0.2, 0) is 14.3 Å². The zero-order chi connectivity index (χ0) is 10.1. The predicted molar refractivity (Wildman–Crippen MR) is 50.6 cm³/mol. The average Bonchev–Trinajstić information content (AvgIpc) is 2.63. The highest BCUT2D eigenvalue weighted by atomic mass is 16.5. The third-order valence-electron chi connectivity index (χ3n) is 3.49. The number of fused-ring (bicyclic) bond motifs is 2. The summed E-state index contributed by atoms with van der Waals surface area (Å²) < 4.78 is 4.91. The Morgan fingerprint density at radius 1 is 1.50 bits per heavy atom. The topological polar surface area (TPSA) is 43.4 Å². The molecule has 2 rings (SSSR count). The van der Waals surface area contributed by atoms with Crippen LogP contribution in [-0.4, -0.2) is 18.4 Å². The molecule has 0 saturated heterocycles. The molecule has 14 heavy (non-hydrogen) atoms. The maximum absolute atomic E-state index is 11.3. The lowest BCUT2D eigenvalue weighted by atomic mass is 9.86. The molecule has 0 aromatic carbocycles. The van der Waals surface area contributed by atoms with Gasteiger partial charge in [0, 0.05) is 18.8 Å². The van der Waals surface area contributed by atoms with Crippen LogP contribution < -0.4 is 0 Å². The van der Waals surface area contributed by atoms with Crippen molar-refractivity contribution in [2.45, 2.75) is 32.6 Å². The Hall–Kier alpha value is -0.860. The number of carbonyl (C=O) groups excluding carboxylic acids is 2. The second-order valence-corrected chi connectivity index (χ2v) is 4.37. The van der Waals surface area contributed by atoms with Crippen molar-refractivity contribution in [3.05, 3.63) is 0 Å². The molecule has 0 radical (unpaired) electrons. The van der Waals surface area contributed by atoms with E-state index < -0.39 is 0 Å². The Balaban J connectivity index is 1.85. The van der Waals surface area contributed by atoms with Gasteiger partial charge in [-0.2, -0.15) is 0 Å². The standard InChI is InChI=1S/C11H16O3/c1-2-14-11(13)6-8-4-9-3-7(8)5-10(9)12/h7-9H,2-6H2,1H3/t7-,8-,9-/m1/s1. The van der Waals surface area contributed by atoms with Crippen molar-refractivity contribution in [3.63, 3.8) is 0 Å². The molecule has 2 aliphatic rings. The minimum Gasteiger partial charge on any atom is -0.466 e. The second kappa shape index (κ2) is 3.71. The van der Waals surface area contributed by atoms with Gasteiger partial charge in [-0.15, -0.1) is 0 Å². The van der Waals surface area contributed by atoms with Crippen LogP contribution in [0.3, 0.4) is 0 Å². The van der Waals surface area contributed by atoms with Crippen molar-refractivity contribution in [1.82, 2.24) is 0 Å². The van der Waals surface area contributed by atoms with Gasteiger partial charge in [0.05, 0.1) is 6.61 Å². The lowest BCUT2D eigenvalue weighted by Crippen LogP contribution is -2.20. The van der Waals surface area contributed by atoms with Crippen molar-refractivity contribution >= 4 is 11.8 Å². The molecule has 78 valence electrons. The number of hydrogen-bond donors (Lipinski definition) is 0. The summed E-state index contributed by atoms with van der Waals surface area (Å²) in [6.45, 7) is 2.28. The largest absolute Gasteiger partial charge is 0.466 e. The normalized spacial score (nSPS) is 34.9. The summed E-state index contributed by atoms with van der Waals surface area (Å²) in [6, 6.07) is 0. The molecule has 2 fully saturated rings. The van der Waals surface area contributed by atoms with E-state index in [0.717, 1.165) is 12.8 Å². The first kappa shape index (κ1) is 9.69. The van der Waals surface area contributed by atoms with Gasteiger partial charge >= 0.3 is 5.97 Å². The van der Waals surface area contributed by atoms with Crippen molar-refractivity contribution < 1.29 is 14.3 Å². The Labute approximate surface area is 83.8 Å². The van der Waals surface area contributed by atoms with Crippen LogP contribution in [0.4, 0.5) is 0 Å². The van der Waals surface area contributed by atoms with E-state index in [1.165, 1.54) is 0 Å². The first-order valence-corrected chi connectivity index (χ1v) is 5.39. The molecule has 2 bridgehead atoms. The Morgan fingerprint density at radius 3 is 2.79 bits per heavy atom. The molecule has 2 saturated carbocycles. The third kappa shape index (κ3) is 1.68. The molecule has 0 amide bonds. The van der Waals surface area contributed by atoms with Crippen LogP contribution in [0.25, 0.3) is 0 Å². The lowest BCUT2D eigenvalue weighted by Gasteiger charge is -2.19. The van der Waals surface area contributed by atoms with Crippen LogP contribution >= 0.6 is 0 Å². The molecule has 3 heteroatoms. The average molecular weight is 196 g/mol. The van der Waals surface area contributed by atoms with Crippen molar-refractivity contribution in [2.24, 2.45) is 17.8 Å². The van der Waals surface area contributed by atoms with E-state index in [1.807, 2.05) is 6.92 Å². The molecule has 0 aliphatic heterocycles. The van der Waals surface area contributed by atoms with E-state index in [2.05, 4.69) is 0 Å². The number of hydrogen-bond acceptors (Lipinski definition) is 3. The zero-order valence-electron chi connectivity index (χ0n) is 8.49. The highest BCUT2D eigenvalue weighted by Crippen LogP contribution is 2.47.